The number of carbonyl (C=O) groups excluding carboxylic acids is 3. The zero-order valence-electron chi connectivity index (χ0n) is 16.1. The molecule has 2 aromatic rings. The second-order valence-corrected chi connectivity index (χ2v) is 6.65. The quantitative estimate of drug-likeness (QED) is 0.546. The van der Waals surface area contributed by atoms with Gasteiger partial charge in [-0.25, -0.2) is 9.59 Å². The van der Waals surface area contributed by atoms with Crippen molar-refractivity contribution >= 4 is 17.9 Å². The summed E-state index contributed by atoms with van der Waals surface area (Å²) in [4.78, 5) is 36.2. The van der Waals surface area contributed by atoms with Gasteiger partial charge < -0.3 is 18.9 Å². The van der Waals surface area contributed by atoms with Crippen molar-refractivity contribution in [1.82, 2.24) is 0 Å². The van der Waals surface area contributed by atoms with Gasteiger partial charge in [0.2, 0.25) is 0 Å². The minimum absolute atomic E-state index is 0.150. The van der Waals surface area contributed by atoms with Crippen LogP contribution in [0.1, 0.15) is 34.6 Å². The Kier molecular flexibility index (Phi) is 6.61. The van der Waals surface area contributed by atoms with Gasteiger partial charge in [0.1, 0.15) is 12.7 Å². The third-order valence-electron chi connectivity index (χ3n) is 4.49. The largest absolute Gasteiger partial charge is 0.459 e. The first kappa shape index (κ1) is 20.5. The van der Waals surface area contributed by atoms with E-state index in [1.807, 2.05) is 0 Å². The molecular weight excluding hydrogens is 376 g/mol. The fraction of sp³-hybridized carbons (Fsp3) is 0.318. The Balaban J connectivity index is 1.72. The number of hydrogen-bond donors (Lipinski definition) is 0. The Labute approximate surface area is 168 Å². The third-order valence-corrected chi connectivity index (χ3v) is 4.49. The zero-order valence-corrected chi connectivity index (χ0v) is 16.1. The summed E-state index contributed by atoms with van der Waals surface area (Å²) in [5.74, 6) is -1.62. The van der Waals surface area contributed by atoms with Crippen LogP contribution >= 0.6 is 0 Å². The Morgan fingerprint density at radius 2 is 1.38 bits per heavy atom. The summed E-state index contributed by atoms with van der Waals surface area (Å²) < 4.78 is 22.0. The molecule has 4 atom stereocenters. The molecule has 1 heterocycles. The highest BCUT2D eigenvalue weighted by Gasteiger charge is 2.48. The van der Waals surface area contributed by atoms with Crippen LogP contribution in [0.15, 0.2) is 60.7 Å². The molecule has 2 aromatic carbocycles. The standard InChI is InChI=1S/C22H22O7/c1-14-19(28-15(2)23)20(29-22(25)17-11-7-4-8-12-17)18(27-14)13-26-21(24)16-9-5-3-6-10-16/h3-12,14,18-20H,13H2,1-2H3. The van der Waals surface area contributed by atoms with E-state index in [9.17, 15) is 14.4 Å². The third kappa shape index (κ3) is 5.20. The van der Waals surface area contributed by atoms with Crippen LogP contribution in [0.3, 0.4) is 0 Å². The molecule has 152 valence electrons. The lowest BCUT2D eigenvalue weighted by Gasteiger charge is -2.23. The summed E-state index contributed by atoms with van der Waals surface area (Å²) >= 11 is 0. The van der Waals surface area contributed by atoms with Crippen LogP contribution in [-0.4, -0.2) is 48.9 Å². The number of benzene rings is 2. The minimum atomic E-state index is -0.912. The fourth-order valence-corrected chi connectivity index (χ4v) is 3.12. The van der Waals surface area contributed by atoms with Gasteiger partial charge in [0.05, 0.1) is 17.2 Å². The van der Waals surface area contributed by atoms with Gasteiger partial charge >= 0.3 is 17.9 Å². The van der Waals surface area contributed by atoms with E-state index < -0.39 is 42.3 Å². The maximum Gasteiger partial charge on any atom is 0.338 e. The van der Waals surface area contributed by atoms with Gasteiger partial charge in [0.25, 0.3) is 0 Å². The molecule has 4 unspecified atom stereocenters. The maximum absolute atomic E-state index is 12.5. The normalized spacial score (nSPS) is 23.2. The van der Waals surface area contributed by atoms with Crippen molar-refractivity contribution in [3.63, 3.8) is 0 Å². The second kappa shape index (κ2) is 9.34. The van der Waals surface area contributed by atoms with Crippen molar-refractivity contribution in [3.8, 4) is 0 Å². The first-order chi connectivity index (χ1) is 14.0. The van der Waals surface area contributed by atoms with Crippen LogP contribution in [-0.2, 0) is 23.7 Å². The molecule has 3 rings (SSSR count). The molecule has 1 fully saturated rings. The molecule has 0 amide bonds. The molecule has 0 aliphatic carbocycles. The monoisotopic (exact) mass is 398 g/mol. The first-order valence-corrected chi connectivity index (χ1v) is 9.26. The first-order valence-electron chi connectivity index (χ1n) is 9.26. The Bertz CT molecular complexity index is 850. The Hall–Kier alpha value is -3.19. The Morgan fingerprint density at radius 1 is 0.828 bits per heavy atom. The molecule has 7 heteroatoms. The predicted molar refractivity (Wildman–Crippen MR) is 102 cm³/mol. The van der Waals surface area contributed by atoms with Crippen LogP contribution in [0.5, 0.6) is 0 Å². The molecule has 0 radical (unpaired) electrons. The van der Waals surface area contributed by atoms with Gasteiger partial charge in [-0.1, -0.05) is 36.4 Å². The summed E-state index contributed by atoms with van der Waals surface area (Å²) in [5, 5.41) is 0. The topological polar surface area (TPSA) is 88.1 Å². The van der Waals surface area contributed by atoms with Gasteiger partial charge in [0, 0.05) is 6.92 Å². The molecule has 1 saturated heterocycles. The van der Waals surface area contributed by atoms with Gasteiger partial charge in [-0.05, 0) is 31.2 Å². The van der Waals surface area contributed by atoms with Crippen molar-refractivity contribution in [1.29, 1.82) is 0 Å². The summed E-state index contributed by atoms with van der Waals surface area (Å²) in [6.07, 6.45) is -3.02. The lowest BCUT2D eigenvalue weighted by molar-refractivity contribution is -0.152. The predicted octanol–water partition coefficient (Wildman–Crippen LogP) is 2.79. The van der Waals surface area contributed by atoms with Crippen LogP contribution in [0, 0.1) is 0 Å². The van der Waals surface area contributed by atoms with E-state index in [0.717, 1.165) is 0 Å². The van der Waals surface area contributed by atoms with E-state index in [4.69, 9.17) is 18.9 Å². The highest BCUT2D eigenvalue weighted by molar-refractivity contribution is 5.90. The van der Waals surface area contributed by atoms with Crippen LogP contribution < -0.4 is 0 Å². The van der Waals surface area contributed by atoms with E-state index >= 15 is 0 Å². The van der Waals surface area contributed by atoms with Crippen LogP contribution in [0.4, 0.5) is 0 Å². The lowest BCUT2D eigenvalue weighted by Crippen LogP contribution is -2.41. The molecule has 1 aliphatic heterocycles. The molecule has 0 saturated carbocycles. The minimum Gasteiger partial charge on any atom is -0.459 e. The SMILES string of the molecule is CC(=O)OC1C(C)OC(COC(=O)c2ccccc2)C1OC(=O)c1ccccc1. The van der Waals surface area contributed by atoms with Crippen molar-refractivity contribution in [2.24, 2.45) is 0 Å². The zero-order chi connectivity index (χ0) is 20.8. The molecule has 0 N–H and O–H groups in total. The van der Waals surface area contributed by atoms with Crippen molar-refractivity contribution in [3.05, 3.63) is 71.8 Å². The van der Waals surface area contributed by atoms with Gasteiger partial charge in [0.15, 0.2) is 12.2 Å². The number of hydrogen-bond acceptors (Lipinski definition) is 7. The summed E-state index contributed by atoms with van der Waals surface area (Å²) in [5.41, 5.74) is 0.751. The van der Waals surface area contributed by atoms with E-state index in [2.05, 4.69) is 0 Å². The van der Waals surface area contributed by atoms with Gasteiger partial charge in [-0.15, -0.1) is 0 Å². The van der Waals surface area contributed by atoms with E-state index in [-0.39, 0.29) is 6.61 Å². The summed E-state index contributed by atoms with van der Waals surface area (Å²) in [6.45, 7) is 2.82. The highest BCUT2D eigenvalue weighted by Crippen LogP contribution is 2.28. The van der Waals surface area contributed by atoms with Crippen LogP contribution in [0.2, 0.25) is 0 Å². The number of rotatable bonds is 6. The van der Waals surface area contributed by atoms with E-state index in [1.54, 1.807) is 67.6 Å². The number of carbonyl (C=O) groups is 3. The van der Waals surface area contributed by atoms with Gasteiger partial charge in [-0.2, -0.15) is 0 Å². The molecular formula is C22H22O7. The Morgan fingerprint density at radius 3 is 1.93 bits per heavy atom. The molecule has 1 aliphatic rings. The summed E-state index contributed by atoms with van der Waals surface area (Å²) in [7, 11) is 0. The second-order valence-electron chi connectivity index (χ2n) is 6.65. The molecule has 29 heavy (non-hydrogen) atoms. The van der Waals surface area contributed by atoms with Crippen molar-refractivity contribution in [2.45, 2.75) is 38.3 Å². The average molecular weight is 398 g/mol. The fourth-order valence-electron chi connectivity index (χ4n) is 3.12. The lowest BCUT2D eigenvalue weighted by atomic mass is 10.1. The van der Waals surface area contributed by atoms with E-state index in [1.165, 1.54) is 6.92 Å². The van der Waals surface area contributed by atoms with Crippen molar-refractivity contribution in [2.75, 3.05) is 6.61 Å². The smallest absolute Gasteiger partial charge is 0.338 e. The average Bonchev–Trinajstić information content (AvgIpc) is 3.01. The van der Waals surface area contributed by atoms with E-state index in [0.29, 0.717) is 11.1 Å². The molecule has 0 bridgehead atoms. The molecule has 0 spiro atoms. The number of esters is 3. The van der Waals surface area contributed by atoms with Crippen LogP contribution in [0.25, 0.3) is 0 Å². The highest BCUT2D eigenvalue weighted by atomic mass is 16.6. The number of ether oxygens (including phenoxy) is 4. The molecule has 0 aromatic heterocycles. The van der Waals surface area contributed by atoms with Gasteiger partial charge in [-0.3, -0.25) is 4.79 Å². The molecule has 7 nitrogen and oxygen atoms in total. The summed E-state index contributed by atoms with van der Waals surface area (Å²) in [6, 6.07) is 17.0. The maximum atomic E-state index is 12.5. The van der Waals surface area contributed by atoms with Crippen molar-refractivity contribution < 1.29 is 33.3 Å².